The summed E-state index contributed by atoms with van der Waals surface area (Å²) in [7, 11) is 0. The van der Waals surface area contributed by atoms with E-state index in [4.69, 9.17) is 5.73 Å². The van der Waals surface area contributed by atoms with Gasteiger partial charge in [-0.1, -0.05) is 6.07 Å². The van der Waals surface area contributed by atoms with Crippen molar-refractivity contribution in [3.05, 3.63) is 35.4 Å². The summed E-state index contributed by atoms with van der Waals surface area (Å²) in [6, 6.07) is 3.62. The number of nitrogens with zero attached hydrogens (tertiary/aromatic N) is 1. The van der Waals surface area contributed by atoms with Crippen molar-refractivity contribution in [1.82, 2.24) is 4.90 Å². The number of rotatable bonds is 3. The maximum atomic E-state index is 13.4. The number of carbonyl (C=O) groups is 1. The molecule has 1 unspecified atom stereocenters. The van der Waals surface area contributed by atoms with E-state index in [1.807, 2.05) is 0 Å². The fourth-order valence-corrected chi connectivity index (χ4v) is 2.22. The second kappa shape index (κ2) is 6.82. The predicted octanol–water partition coefficient (Wildman–Crippen LogP) is 1.74. The van der Waals surface area contributed by atoms with E-state index >= 15 is 0 Å². The third-order valence-electron chi connectivity index (χ3n) is 3.36. The minimum Gasteiger partial charge on any atom is -0.342 e. The molecule has 1 saturated heterocycles. The lowest BCUT2D eigenvalue weighted by Gasteiger charge is -2.16. The van der Waals surface area contributed by atoms with E-state index < -0.39 is 11.6 Å². The molecule has 1 atom stereocenters. The van der Waals surface area contributed by atoms with E-state index in [9.17, 15) is 13.6 Å². The molecule has 1 aromatic carbocycles. The van der Waals surface area contributed by atoms with E-state index in [1.54, 1.807) is 4.90 Å². The summed E-state index contributed by atoms with van der Waals surface area (Å²) in [6.45, 7) is 1.75. The Hall–Kier alpha value is -1.20. The Labute approximate surface area is 117 Å². The van der Waals surface area contributed by atoms with Crippen LogP contribution in [0.25, 0.3) is 0 Å². The van der Waals surface area contributed by atoms with Gasteiger partial charge in [-0.2, -0.15) is 0 Å². The van der Waals surface area contributed by atoms with Crippen molar-refractivity contribution < 1.29 is 13.6 Å². The molecular formula is C13H17ClF2N2O. The minimum atomic E-state index is -0.669. The van der Waals surface area contributed by atoms with Gasteiger partial charge in [0, 0.05) is 18.7 Å². The normalized spacial score (nSPS) is 18.3. The van der Waals surface area contributed by atoms with Crippen molar-refractivity contribution in [3.8, 4) is 0 Å². The Balaban J connectivity index is 0.00000180. The van der Waals surface area contributed by atoms with E-state index in [1.165, 1.54) is 18.2 Å². The molecule has 1 amide bonds. The molecule has 1 aromatic rings. The maximum Gasteiger partial charge on any atom is 0.227 e. The first-order valence-corrected chi connectivity index (χ1v) is 6.02. The second-order valence-electron chi connectivity index (χ2n) is 4.61. The zero-order valence-corrected chi connectivity index (χ0v) is 11.3. The first-order valence-electron chi connectivity index (χ1n) is 6.02. The average molecular weight is 291 g/mol. The first kappa shape index (κ1) is 15.9. The van der Waals surface area contributed by atoms with Crippen LogP contribution in [0.3, 0.4) is 0 Å². The first-order chi connectivity index (χ1) is 8.61. The van der Waals surface area contributed by atoms with Gasteiger partial charge < -0.3 is 10.6 Å². The Morgan fingerprint density at radius 3 is 2.53 bits per heavy atom. The summed E-state index contributed by atoms with van der Waals surface area (Å²) in [4.78, 5) is 13.6. The monoisotopic (exact) mass is 290 g/mol. The van der Waals surface area contributed by atoms with Crippen LogP contribution in [-0.2, 0) is 11.2 Å². The van der Waals surface area contributed by atoms with Crippen LogP contribution in [0, 0.1) is 17.6 Å². The van der Waals surface area contributed by atoms with Gasteiger partial charge in [-0.3, -0.25) is 4.79 Å². The van der Waals surface area contributed by atoms with Crippen LogP contribution in [-0.4, -0.2) is 30.4 Å². The molecule has 1 heterocycles. The number of carbonyl (C=O) groups excluding carboxylic acids is 1. The summed E-state index contributed by atoms with van der Waals surface area (Å²) in [5.41, 5.74) is 5.39. The molecule has 2 rings (SSSR count). The lowest BCUT2D eigenvalue weighted by molar-refractivity contribution is -0.129. The molecular weight excluding hydrogens is 274 g/mol. The van der Waals surface area contributed by atoms with Crippen molar-refractivity contribution in [2.45, 2.75) is 12.8 Å². The number of benzene rings is 1. The summed E-state index contributed by atoms with van der Waals surface area (Å²) >= 11 is 0. The quantitative estimate of drug-likeness (QED) is 0.922. The number of hydrogen-bond acceptors (Lipinski definition) is 2. The highest BCUT2D eigenvalue weighted by Crippen LogP contribution is 2.18. The van der Waals surface area contributed by atoms with Crippen molar-refractivity contribution in [2.75, 3.05) is 19.6 Å². The van der Waals surface area contributed by atoms with Gasteiger partial charge in [0.25, 0.3) is 0 Å². The zero-order valence-electron chi connectivity index (χ0n) is 10.4. The third-order valence-corrected chi connectivity index (χ3v) is 3.36. The van der Waals surface area contributed by atoms with Crippen LogP contribution in [0.15, 0.2) is 18.2 Å². The number of likely N-dealkylation sites (tertiary alicyclic amines) is 1. The topological polar surface area (TPSA) is 46.3 Å². The lowest BCUT2D eigenvalue weighted by atomic mass is 10.1. The highest BCUT2D eigenvalue weighted by molar-refractivity contribution is 5.85. The highest BCUT2D eigenvalue weighted by Gasteiger charge is 2.26. The molecule has 1 fully saturated rings. The second-order valence-corrected chi connectivity index (χ2v) is 4.61. The molecule has 0 aliphatic carbocycles. The van der Waals surface area contributed by atoms with Crippen LogP contribution in [0.2, 0.25) is 0 Å². The number of hydrogen-bond donors (Lipinski definition) is 1. The van der Waals surface area contributed by atoms with Crippen molar-refractivity contribution in [2.24, 2.45) is 11.7 Å². The molecule has 3 nitrogen and oxygen atoms in total. The molecule has 19 heavy (non-hydrogen) atoms. The van der Waals surface area contributed by atoms with Crippen LogP contribution >= 0.6 is 12.4 Å². The molecule has 0 spiro atoms. The van der Waals surface area contributed by atoms with Gasteiger partial charge in [0.2, 0.25) is 5.91 Å². The van der Waals surface area contributed by atoms with E-state index in [-0.39, 0.29) is 30.3 Å². The van der Waals surface area contributed by atoms with Gasteiger partial charge in [-0.15, -0.1) is 12.4 Å². The zero-order chi connectivity index (χ0) is 13.1. The predicted molar refractivity (Wildman–Crippen MR) is 71.1 cm³/mol. The molecule has 0 bridgehead atoms. The smallest absolute Gasteiger partial charge is 0.227 e. The molecule has 106 valence electrons. The van der Waals surface area contributed by atoms with Gasteiger partial charge in [0.1, 0.15) is 11.6 Å². The summed E-state index contributed by atoms with van der Waals surface area (Å²) in [6.07, 6.45) is 0.637. The molecule has 0 radical (unpaired) electrons. The maximum absolute atomic E-state index is 13.4. The Morgan fingerprint density at radius 2 is 2.00 bits per heavy atom. The number of nitrogens with two attached hydrogens (primary N) is 1. The van der Waals surface area contributed by atoms with Crippen molar-refractivity contribution >= 4 is 18.3 Å². The summed E-state index contributed by atoms with van der Waals surface area (Å²) < 4.78 is 26.8. The van der Waals surface area contributed by atoms with Crippen LogP contribution in [0.4, 0.5) is 8.78 Å². The van der Waals surface area contributed by atoms with Crippen molar-refractivity contribution in [3.63, 3.8) is 0 Å². The standard InChI is InChI=1S/C13H16F2N2O.ClH/c14-11-2-1-3-12(15)10(11)6-13(18)17-5-4-9(7-16)8-17;/h1-3,9H,4-8,16H2;1H. The largest absolute Gasteiger partial charge is 0.342 e. The van der Waals surface area contributed by atoms with Gasteiger partial charge in [-0.25, -0.2) is 8.78 Å². The lowest BCUT2D eigenvalue weighted by Crippen LogP contribution is -2.31. The average Bonchev–Trinajstić information content (AvgIpc) is 2.82. The minimum absolute atomic E-state index is 0. The van der Waals surface area contributed by atoms with Crippen LogP contribution < -0.4 is 5.73 Å². The fraction of sp³-hybridized carbons (Fsp3) is 0.462. The van der Waals surface area contributed by atoms with Crippen molar-refractivity contribution in [1.29, 1.82) is 0 Å². The van der Waals surface area contributed by atoms with Crippen LogP contribution in [0.5, 0.6) is 0 Å². The Morgan fingerprint density at radius 1 is 1.37 bits per heavy atom. The molecule has 0 aromatic heterocycles. The van der Waals surface area contributed by atoms with Gasteiger partial charge in [0.15, 0.2) is 0 Å². The highest BCUT2D eigenvalue weighted by atomic mass is 35.5. The Bertz CT molecular complexity index is 436. The molecule has 1 aliphatic heterocycles. The SMILES string of the molecule is Cl.NCC1CCN(C(=O)Cc2c(F)cccc2F)C1. The van der Waals surface area contributed by atoms with E-state index in [0.29, 0.717) is 25.6 Å². The molecule has 1 aliphatic rings. The van der Waals surface area contributed by atoms with Gasteiger partial charge in [0.05, 0.1) is 6.42 Å². The fourth-order valence-electron chi connectivity index (χ4n) is 2.22. The summed E-state index contributed by atoms with van der Waals surface area (Å²) in [5.74, 6) is -1.27. The Kier molecular flexibility index (Phi) is 5.69. The summed E-state index contributed by atoms with van der Waals surface area (Å²) in [5, 5.41) is 0. The van der Waals surface area contributed by atoms with E-state index in [0.717, 1.165) is 6.42 Å². The number of amides is 1. The molecule has 2 N–H and O–H groups in total. The van der Waals surface area contributed by atoms with Crippen LogP contribution in [0.1, 0.15) is 12.0 Å². The number of halogens is 3. The van der Waals surface area contributed by atoms with Gasteiger partial charge in [-0.05, 0) is 31.0 Å². The molecule has 6 heteroatoms. The van der Waals surface area contributed by atoms with E-state index in [2.05, 4.69) is 0 Å². The van der Waals surface area contributed by atoms with Gasteiger partial charge >= 0.3 is 0 Å². The third kappa shape index (κ3) is 3.64. The molecule has 0 saturated carbocycles.